The van der Waals surface area contributed by atoms with Crippen molar-refractivity contribution < 1.29 is 4.39 Å². The SMILES string of the molecule is C/C=C/CCc1ccc(C#Cc2ccc3cc(CCc4ccc(CCCCCCC)cc4)ccc3c2F)cc1. The summed E-state index contributed by atoms with van der Waals surface area (Å²) in [6.45, 7) is 4.30. The fourth-order valence-electron chi connectivity index (χ4n) is 5.00. The normalized spacial score (nSPS) is 11.2. The van der Waals surface area contributed by atoms with Gasteiger partial charge in [0.2, 0.25) is 0 Å². The third-order valence-corrected chi connectivity index (χ3v) is 7.44. The number of aryl methyl sites for hydroxylation is 4. The van der Waals surface area contributed by atoms with Gasteiger partial charge in [-0.25, -0.2) is 4.39 Å². The highest BCUT2D eigenvalue weighted by atomic mass is 19.1. The van der Waals surface area contributed by atoms with Crippen LogP contribution in [0.4, 0.5) is 4.39 Å². The van der Waals surface area contributed by atoms with Gasteiger partial charge in [-0.05, 0) is 91.3 Å². The number of benzene rings is 4. The largest absolute Gasteiger partial charge is 0.205 e. The molecule has 0 amide bonds. The molecule has 1 heteroatoms. The van der Waals surface area contributed by atoms with Crippen molar-refractivity contribution in [2.75, 3.05) is 0 Å². The van der Waals surface area contributed by atoms with E-state index in [2.05, 4.69) is 79.4 Å². The van der Waals surface area contributed by atoms with Crippen molar-refractivity contribution in [3.8, 4) is 11.8 Å². The summed E-state index contributed by atoms with van der Waals surface area (Å²) in [6, 6.07) is 27.2. The first-order valence-corrected chi connectivity index (χ1v) is 14.7. The summed E-state index contributed by atoms with van der Waals surface area (Å²) >= 11 is 0. The molecule has 0 N–H and O–H groups in total. The summed E-state index contributed by atoms with van der Waals surface area (Å²) in [4.78, 5) is 0. The number of fused-ring (bicyclic) bond motifs is 1. The van der Waals surface area contributed by atoms with Crippen LogP contribution < -0.4 is 0 Å². The molecule has 4 aromatic carbocycles. The fourth-order valence-corrected chi connectivity index (χ4v) is 5.00. The number of hydrogen-bond donors (Lipinski definition) is 0. The van der Waals surface area contributed by atoms with E-state index in [0.29, 0.717) is 10.9 Å². The quantitative estimate of drug-likeness (QED) is 0.0998. The lowest BCUT2D eigenvalue weighted by Crippen LogP contribution is -1.94. The van der Waals surface area contributed by atoms with E-state index >= 15 is 4.39 Å². The molecule has 0 saturated heterocycles. The first-order valence-electron chi connectivity index (χ1n) is 14.7. The minimum Gasteiger partial charge on any atom is -0.205 e. The van der Waals surface area contributed by atoms with Crippen LogP contribution >= 0.6 is 0 Å². The molecule has 0 nitrogen and oxygen atoms in total. The summed E-state index contributed by atoms with van der Waals surface area (Å²) in [5.74, 6) is 5.94. The summed E-state index contributed by atoms with van der Waals surface area (Å²) < 4.78 is 15.3. The van der Waals surface area contributed by atoms with Gasteiger partial charge in [-0.1, -0.05) is 117 Å². The predicted molar refractivity (Wildman–Crippen MR) is 166 cm³/mol. The number of hydrogen-bond acceptors (Lipinski definition) is 0. The van der Waals surface area contributed by atoms with E-state index in [4.69, 9.17) is 0 Å². The molecular weight excluding hydrogens is 475 g/mol. The predicted octanol–water partition coefficient (Wildman–Crippen LogP) is 10.2. The van der Waals surface area contributed by atoms with Gasteiger partial charge in [-0.3, -0.25) is 0 Å². The van der Waals surface area contributed by atoms with Gasteiger partial charge in [-0.15, -0.1) is 0 Å². The van der Waals surface area contributed by atoms with Gasteiger partial charge >= 0.3 is 0 Å². The van der Waals surface area contributed by atoms with Gasteiger partial charge in [-0.2, -0.15) is 0 Å². The zero-order valence-corrected chi connectivity index (χ0v) is 23.6. The number of allylic oxidation sites excluding steroid dienone is 2. The Morgan fingerprint density at radius 1 is 0.641 bits per heavy atom. The first-order chi connectivity index (χ1) is 19.2. The third kappa shape index (κ3) is 8.69. The summed E-state index contributed by atoms with van der Waals surface area (Å²) in [5, 5.41) is 1.56. The number of unbranched alkanes of at least 4 members (excludes halogenated alkanes) is 4. The molecule has 0 unspecified atom stereocenters. The molecular formula is C38H41F. The van der Waals surface area contributed by atoms with Crippen molar-refractivity contribution >= 4 is 10.8 Å². The zero-order chi connectivity index (χ0) is 27.3. The van der Waals surface area contributed by atoms with Crippen LogP contribution in [-0.2, 0) is 25.7 Å². The topological polar surface area (TPSA) is 0 Å². The Hall–Kier alpha value is -3.63. The molecule has 0 heterocycles. The van der Waals surface area contributed by atoms with E-state index in [-0.39, 0.29) is 5.82 Å². The summed E-state index contributed by atoms with van der Waals surface area (Å²) in [5.41, 5.74) is 6.66. The van der Waals surface area contributed by atoms with Gasteiger partial charge in [0.05, 0.1) is 5.56 Å². The second kappa shape index (κ2) is 15.1. The van der Waals surface area contributed by atoms with Gasteiger partial charge in [0.25, 0.3) is 0 Å². The molecule has 4 rings (SSSR count). The van der Waals surface area contributed by atoms with Gasteiger partial charge in [0, 0.05) is 10.9 Å². The van der Waals surface area contributed by atoms with Crippen LogP contribution in [0.15, 0.2) is 91.0 Å². The average molecular weight is 517 g/mol. The van der Waals surface area contributed by atoms with Crippen LogP contribution in [0.2, 0.25) is 0 Å². The average Bonchev–Trinajstić information content (AvgIpc) is 2.97. The minimum absolute atomic E-state index is 0.236. The molecule has 0 fully saturated rings. The zero-order valence-electron chi connectivity index (χ0n) is 23.6. The molecule has 0 radical (unpaired) electrons. The van der Waals surface area contributed by atoms with Crippen LogP contribution in [0, 0.1) is 17.7 Å². The maximum Gasteiger partial charge on any atom is 0.146 e. The smallest absolute Gasteiger partial charge is 0.146 e. The van der Waals surface area contributed by atoms with Gasteiger partial charge in [0.15, 0.2) is 0 Å². The van der Waals surface area contributed by atoms with Gasteiger partial charge < -0.3 is 0 Å². The van der Waals surface area contributed by atoms with Crippen LogP contribution in [0.25, 0.3) is 10.8 Å². The maximum atomic E-state index is 15.3. The Balaban J connectivity index is 1.34. The fraction of sp³-hybridized carbons (Fsp3) is 0.316. The van der Waals surface area contributed by atoms with Crippen molar-refractivity contribution in [2.45, 2.75) is 78.1 Å². The molecule has 4 aromatic rings. The standard InChI is InChI=1S/C38H41F/c1-3-5-7-8-10-12-31-13-17-32(18-14-31)21-22-34-24-28-37-36(29-34)27-26-35(38(37)39)25-23-33-19-15-30(16-20-33)11-9-6-4-2/h4,6,13-20,24,26-29H,3,5,7-12,21-22H2,1-2H3/b6-4+. The van der Waals surface area contributed by atoms with Crippen LogP contribution in [-0.4, -0.2) is 0 Å². The molecule has 200 valence electrons. The number of halogens is 1. The van der Waals surface area contributed by atoms with Crippen LogP contribution in [0.5, 0.6) is 0 Å². The Morgan fingerprint density at radius 2 is 1.28 bits per heavy atom. The summed E-state index contributed by atoms with van der Waals surface area (Å²) in [6.07, 6.45) is 16.0. The van der Waals surface area contributed by atoms with Crippen molar-refractivity contribution in [3.63, 3.8) is 0 Å². The lowest BCUT2D eigenvalue weighted by Gasteiger charge is -2.07. The van der Waals surface area contributed by atoms with E-state index in [0.717, 1.165) is 36.6 Å². The lowest BCUT2D eigenvalue weighted by molar-refractivity contribution is 0.632. The molecule has 0 spiro atoms. The Bertz CT molecular complexity index is 1410. The van der Waals surface area contributed by atoms with Crippen molar-refractivity contribution in [3.05, 3.63) is 130 Å². The van der Waals surface area contributed by atoms with E-state index < -0.39 is 0 Å². The lowest BCUT2D eigenvalue weighted by atomic mass is 9.98. The maximum absolute atomic E-state index is 15.3. The molecule has 0 aromatic heterocycles. The molecule has 0 saturated carbocycles. The van der Waals surface area contributed by atoms with Crippen molar-refractivity contribution in [1.82, 2.24) is 0 Å². The third-order valence-electron chi connectivity index (χ3n) is 7.44. The van der Waals surface area contributed by atoms with Crippen LogP contribution in [0.3, 0.4) is 0 Å². The van der Waals surface area contributed by atoms with E-state index in [9.17, 15) is 0 Å². The Labute approximate surface area is 235 Å². The summed E-state index contributed by atoms with van der Waals surface area (Å²) in [7, 11) is 0. The first kappa shape index (κ1) is 28.4. The molecule has 0 atom stereocenters. The molecule has 0 aliphatic rings. The molecule has 0 bridgehead atoms. The van der Waals surface area contributed by atoms with E-state index in [1.165, 1.54) is 60.8 Å². The number of rotatable bonds is 12. The van der Waals surface area contributed by atoms with Crippen molar-refractivity contribution in [1.29, 1.82) is 0 Å². The van der Waals surface area contributed by atoms with Gasteiger partial charge in [0.1, 0.15) is 5.82 Å². The van der Waals surface area contributed by atoms with Crippen LogP contribution in [0.1, 0.15) is 85.8 Å². The monoisotopic (exact) mass is 516 g/mol. The second-order valence-electron chi connectivity index (χ2n) is 10.5. The highest BCUT2D eigenvalue weighted by Crippen LogP contribution is 2.23. The second-order valence-corrected chi connectivity index (χ2v) is 10.5. The molecule has 39 heavy (non-hydrogen) atoms. The molecule has 0 aliphatic heterocycles. The minimum atomic E-state index is -0.236. The highest BCUT2D eigenvalue weighted by molar-refractivity contribution is 5.85. The Morgan fingerprint density at radius 3 is 2.03 bits per heavy atom. The van der Waals surface area contributed by atoms with E-state index in [1.807, 2.05) is 31.2 Å². The Kier molecular flexibility index (Phi) is 11.0. The highest BCUT2D eigenvalue weighted by Gasteiger charge is 2.07. The van der Waals surface area contributed by atoms with E-state index in [1.54, 1.807) is 6.07 Å². The van der Waals surface area contributed by atoms with Crippen molar-refractivity contribution in [2.24, 2.45) is 0 Å². The molecule has 0 aliphatic carbocycles.